The van der Waals surface area contributed by atoms with E-state index in [0.717, 1.165) is 48.1 Å². The van der Waals surface area contributed by atoms with Crippen molar-refractivity contribution in [2.24, 2.45) is 0 Å². The van der Waals surface area contributed by atoms with E-state index < -0.39 is 0 Å². The Morgan fingerprint density at radius 2 is 1.89 bits per heavy atom. The molecule has 0 radical (unpaired) electrons. The van der Waals surface area contributed by atoms with Crippen molar-refractivity contribution in [1.82, 2.24) is 5.32 Å². The maximum absolute atomic E-state index is 12.4. The number of benzene rings is 2. The number of nitrogens with one attached hydrogen (secondary N) is 1. The predicted molar refractivity (Wildman–Crippen MR) is 112 cm³/mol. The quantitative estimate of drug-likeness (QED) is 0.577. The van der Waals surface area contributed by atoms with E-state index >= 15 is 0 Å². The van der Waals surface area contributed by atoms with Crippen molar-refractivity contribution in [2.75, 3.05) is 13.6 Å². The topological polar surface area (TPSA) is 51.5 Å². The lowest BCUT2D eigenvalue weighted by Gasteiger charge is -2.20. The average molecular weight is 377 g/mol. The molecule has 1 aliphatic rings. The highest BCUT2D eigenvalue weighted by atomic mass is 16.5. The predicted octanol–water partition coefficient (Wildman–Crippen LogP) is 5.18. The summed E-state index contributed by atoms with van der Waals surface area (Å²) in [4.78, 5) is 12.4. The minimum Gasteiger partial charge on any atom is -0.486 e. The largest absolute Gasteiger partial charge is 0.486 e. The zero-order chi connectivity index (χ0) is 19.3. The van der Waals surface area contributed by atoms with Crippen molar-refractivity contribution < 1.29 is 9.15 Å². The first-order chi connectivity index (χ1) is 13.7. The van der Waals surface area contributed by atoms with Gasteiger partial charge in [-0.05, 0) is 62.2 Å². The standard InChI is InChI=1S/C24H27NO3/c1-25-14-13-23(18-9-3-2-4-10-18)27-20-11-12-22-19(15-20)16-21(24(26)28-22)17-7-5-6-8-17/h2-4,9-12,15-17,23,25H,5-8,13-14H2,1H3. The molecular weight excluding hydrogens is 350 g/mol. The SMILES string of the molecule is CNCCC(Oc1ccc2oc(=O)c(C3CCCC3)cc2c1)c1ccccc1. The van der Waals surface area contributed by atoms with Crippen LogP contribution in [0.1, 0.15) is 55.3 Å². The average Bonchev–Trinajstić information content (AvgIpc) is 3.26. The van der Waals surface area contributed by atoms with Gasteiger partial charge in [-0.1, -0.05) is 43.2 Å². The zero-order valence-electron chi connectivity index (χ0n) is 16.3. The fraction of sp³-hybridized carbons (Fsp3) is 0.375. The third-order valence-electron chi connectivity index (χ3n) is 5.63. The fourth-order valence-electron chi connectivity index (χ4n) is 4.11. The van der Waals surface area contributed by atoms with Gasteiger partial charge in [-0.25, -0.2) is 4.79 Å². The molecule has 0 aliphatic heterocycles. The molecule has 0 spiro atoms. The Labute approximate surface area is 165 Å². The molecule has 0 bridgehead atoms. The summed E-state index contributed by atoms with van der Waals surface area (Å²) in [7, 11) is 1.95. The summed E-state index contributed by atoms with van der Waals surface area (Å²) >= 11 is 0. The molecule has 4 nitrogen and oxygen atoms in total. The first-order valence-corrected chi connectivity index (χ1v) is 10.2. The molecule has 0 amide bonds. The minimum absolute atomic E-state index is 0.0314. The van der Waals surface area contributed by atoms with Crippen molar-refractivity contribution in [2.45, 2.75) is 44.1 Å². The Balaban J connectivity index is 1.63. The Hall–Kier alpha value is -2.59. The Morgan fingerprint density at radius 1 is 1.11 bits per heavy atom. The van der Waals surface area contributed by atoms with Gasteiger partial charge in [0.2, 0.25) is 0 Å². The van der Waals surface area contributed by atoms with Gasteiger partial charge in [-0.3, -0.25) is 0 Å². The second-order valence-electron chi connectivity index (χ2n) is 7.58. The van der Waals surface area contributed by atoms with Gasteiger partial charge in [0.15, 0.2) is 0 Å². The summed E-state index contributed by atoms with van der Waals surface area (Å²) in [5, 5.41) is 4.13. The number of hydrogen-bond donors (Lipinski definition) is 1. The van der Waals surface area contributed by atoms with Crippen LogP contribution in [0.15, 0.2) is 63.8 Å². The van der Waals surface area contributed by atoms with E-state index in [1.54, 1.807) is 0 Å². The molecule has 1 aromatic heterocycles. The second kappa shape index (κ2) is 8.61. The van der Waals surface area contributed by atoms with Gasteiger partial charge < -0.3 is 14.5 Å². The highest BCUT2D eigenvalue weighted by Crippen LogP contribution is 2.34. The molecule has 1 unspecified atom stereocenters. The fourth-order valence-corrected chi connectivity index (χ4v) is 4.11. The van der Waals surface area contributed by atoms with Gasteiger partial charge in [0, 0.05) is 17.4 Å². The lowest BCUT2D eigenvalue weighted by atomic mass is 9.98. The molecular formula is C24H27NO3. The molecule has 4 rings (SSSR count). The van der Waals surface area contributed by atoms with Gasteiger partial charge in [-0.15, -0.1) is 0 Å². The maximum atomic E-state index is 12.4. The molecule has 3 aromatic rings. The van der Waals surface area contributed by atoms with Crippen LogP contribution in [0.4, 0.5) is 0 Å². The number of ether oxygens (including phenoxy) is 1. The highest BCUT2D eigenvalue weighted by molar-refractivity contribution is 5.78. The molecule has 1 saturated carbocycles. The van der Waals surface area contributed by atoms with Crippen LogP contribution in [-0.2, 0) is 0 Å². The smallest absolute Gasteiger partial charge is 0.339 e. The molecule has 4 heteroatoms. The number of fused-ring (bicyclic) bond motifs is 1. The van der Waals surface area contributed by atoms with Gasteiger partial charge in [0.25, 0.3) is 0 Å². The third-order valence-corrected chi connectivity index (χ3v) is 5.63. The summed E-state index contributed by atoms with van der Waals surface area (Å²) in [6.45, 7) is 0.869. The number of hydrogen-bond acceptors (Lipinski definition) is 4. The zero-order valence-corrected chi connectivity index (χ0v) is 16.3. The van der Waals surface area contributed by atoms with Gasteiger partial charge in [-0.2, -0.15) is 0 Å². The molecule has 1 aliphatic carbocycles. The van der Waals surface area contributed by atoms with Gasteiger partial charge in [0.05, 0.1) is 0 Å². The van der Waals surface area contributed by atoms with Crippen LogP contribution in [0.2, 0.25) is 0 Å². The monoisotopic (exact) mass is 377 g/mol. The first kappa shape index (κ1) is 18.8. The lowest BCUT2D eigenvalue weighted by Crippen LogP contribution is -2.16. The van der Waals surface area contributed by atoms with E-state index in [1.807, 2.05) is 49.5 Å². The van der Waals surface area contributed by atoms with Crippen LogP contribution < -0.4 is 15.7 Å². The summed E-state index contributed by atoms with van der Waals surface area (Å²) in [5.41, 5.74) is 2.40. The van der Waals surface area contributed by atoms with Crippen LogP contribution in [0.3, 0.4) is 0 Å². The maximum Gasteiger partial charge on any atom is 0.339 e. The van der Waals surface area contributed by atoms with Crippen LogP contribution in [0, 0.1) is 0 Å². The summed E-state index contributed by atoms with van der Waals surface area (Å²) in [6, 6.07) is 18.0. The van der Waals surface area contributed by atoms with Crippen LogP contribution in [-0.4, -0.2) is 13.6 Å². The van der Waals surface area contributed by atoms with E-state index in [9.17, 15) is 4.79 Å². The highest BCUT2D eigenvalue weighted by Gasteiger charge is 2.21. The molecule has 2 aromatic carbocycles. The van der Waals surface area contributed by atoms with Crippen molar-refractivity contribution in [3.8, 4) is 5.75 Å². The summed E-state index contributed by atoms with van der Waals surface area (Å²) < 4.78 is 11.9. The summed E-state index contributed by atoms with van der Waals surface area (Å²) in [6.07, 6.45) is 5.37. The molecule has 28 heavy (non-hydrogen) atoms. The summed E-state index contributed by atoms with van der Waals surface area (Å²) in [5.74, 6) is 1.13. The van der Waals surface area contributed by atoms with Gasteiger partial charge >= 0.3 is 5.63 Å². The first-order valence-electron chi connectivity index (χ1n) is 10.2. The molecule has 0 saturated heterocycles. The molecule has 146 valence electrons. The van der Waals surface area contributed by atoms with E-state index in [2.05, 4.69) is 17.4 Å². The van der Waals surface area contributed by atoms with Crippen molar-refractivity contribution in [3.63, 3.8) is 0 Å². The molecule has 1 atom stereocenters. The number of rotatable bonds is 7. The van der Waals surface area contributed by atoms with Crippen molar-refractivity contribution in [3.05, 3.63) is 76.1 Å². The lowest BCUT2D eigenvalue weighted by molar-refractivity contribution is 0.195. The van der Waals surface area contributed by atoms with E-state index in [1.165, 1.54) is 12.8 Å². The van der Waals surface area contributed by atoms with E-state index in [-0.39, 0.29) is 11.7 Å². The van der Waals surface area contributed by atoms with E-state index in [0.29, 0.717) is 11.5 Å². The third kappa shape index (κ3) is 4.12. The normalized spacial score (nSPS) is 15.8. The second-order valence-corrected chi connectivity index (χ2v) is 7.58. The molecule has 1 N–H and O–H groups in total. The Morgan fingerprint density at radius 3 is 2.64 bits per heavy atom. The van der Waals surface area contributed by atoms with Crippen molar-refractivity contribution in [1.29, 1.82) is 0 Å². The Kier molecular flexibility index (Phi) is 5.77. The van der Waals surface area contributed by atoms with E-state index in [4.69, 9.17) is 9.15 Å². The molecule has 1 heterocycles. The minimum atomic E-state index is -0.191. The molecule has 1 fully saturated rings. The van der Waals surface area contributed by atoms with Gasteiger partial charge in [0.1, 0.15) is 17.4 Å². The Bertz CT molecular complexity index is 974. The van der Waals surface area contributed by atoms with Crippen molar-refractivity contribution >= 4 is 11.0 Å². The van der Waals surface area contributed by atoms with Crippen LogP contribution in [0.25, 0.3) is 11.0 Å². The van der Waals surface area contributed by atoms with Crippen LogP contribution in [0.5, 0.6) is 5.75 Å². The van der Waals surface area contributed by atoms with Crippen LogP contribution >= 0.6 is 0 Å².